The lowest BCUT2D eigenvalue weighted by atomic mass is 10.1. The van der Waals surface area contributed by atoms with Crippen LogP contribution in [0.15, 0.2) is 83.8 Å². The molecule has 0 unspecified atom stereocenters. The summed E-state index contributed by atoms with van der Waals surface area (Å²) in [5, 5.41) is 3.10. The number of hydrogen-bond donors (Lipinski definition) is 1. The number of rotatable bonds is 13. The molecule has 1 saturated carbocycles. The van der Waals surface area contributed by atoms with Gasteiger partial charge in [-0.25, -0.2) is 8.42 Å². The summed E-state index contributed by atoms with van der Waals surface area (Å²) in [5.74, 6) is -0.348. The van der Waals surface area contributed by atoms with Gasteiger partial charge in [0.1, 0.15) is 18.3 Å². The zero-order valence-corrected chi connectivity index (χ0v) is 25.5. The summed E-state index contributed by atoms with van der Waals surface area (Å²) in [6.07, 6.45) is 4.51. The molecule has 0 radical (unpaired) electrons. The van der Waals surface area contributed by atoms with Crippen molar-refractivity contribution in [3.63, 3.8) is 0 Å². The molecule has 224 valence electrons. The van der Waals surface area contributed by atoms with Gasteiger partial charge in [0.05, 0.1) is 17.2 Å². The van der Waals surface area contributed by atoms with Gasteiger partial charge >= 0.3 is 0 Å². The number of amides is 2. The van der Waals surface area contributed by atoms with E-state index in [1.807, 2.05) is 44.2 Å². The average molecular weight is 592 g/mol. The standard InChI is InChI=1S/C33H41N3O5S/c1-4-41-31-17-11-10-16-30(31)36(42(39,40)29-20-18-25(2)19-21-29)24-32(37)35(23-22-27-12-6-5-7-13-27)26(3)33(38)34-28-14-8-9-15-28/h5-7,10-13,16-21,26,28H,4,8-9,14-15,22-24H2,1-3H3,(H,34,38)/t26-/m0/s1. The summed E-state index contributed by atoms with van der Waals surface area (Å²) >= 11 is 0. The highest BCUT2D eigenvalue weighted by atomic mass is 32.2. The molecule has 1 N–H and O–H groups in total. The minimum absolute atomic E-state index is 0.0649. The molecule has 1 atom stereocenters. The van der Waals surface area contributed by atoms with Crippen molar-refractivity contribution < 1.29 is 22.7 Å². The number of ether oxygens (including phenoxy) is 1. The quantitative estimate of drug-likeness (QED) is 0.298. The number of hydrogen-bond acceptors (Lipinski definition) is 5. The first-order valence-corrected chi connectivity index (χ1v) is 16.1. The van der Waals surface area contributed by atoms with Gasteiger partial charge in [0.15, 0.2) is 0 Å². The van der Waals surface area contributed by atoms with Crippen LogP contribution in [0.1, 0.15) is 50.7 Å². The predicted octanol–water partition coefficient (Wildman–Crippen LogP) is 5.11. The van der Waals surface area contributed by atoms with Crippen molar-refractivity contribution in [2.24, 2.45) is 0 Å². The lowest BCUT2D eigenvalue weighted by Gasteiger charge is -2.33. The Bertz CT molecular complexity index is 1440. The molecular formula is C33H41N3O5S. The Labute approximate surface area is 249 Å². The molecule has 9 heteroatoms. The van der Waals surface area contributed by atoms with E-state index in [1.165, 1.54) is 17.0 Å². The zero-order chi connectivity index (χ0) is 30.1. The van der Waals surface area contributed by atoms with E-state index in [0.717, 1.165) is 41.1 Å². The number of carbonyl (C=O) groups is 2. The summed E-state index contributed by atoms with van der Waals surface area (Å²) in [6, 6.07) is 22.4. The van der Waals surface area contributed by atoms with Crippen molar-refractivity contribution in [2.45, 2.75) is 69.9 Å². The molecule has 0 aromatic heterocycles. The van der Waals surface area contributed by atoms with Crippen LogP contribution < -0.4 is 14.4 Å². The molecule has 2 amide bonds. The molecule has 0 spiro atoms. The lowest BCUT2D eigenvalue weighted by Crippen LogP contribution is -2.53. The normalized spacial score (nSPS) is 14.3. The van der Waals surface area contributed by atoms with Crippen LogP contribution in [0.4, 0.5) is 5.69 Å². The van der Waals surface area contributed by atoms with Gasteiger partial charge in [-0.1, -0.05) is 73.0 Å². The second-order valence-electron chi connectivity index (χ2n) is 10.7. The zero-order valence-electron chi connectivity index (χ0n) is 24.7. The first-order valence-electron chi connectivity index (χ1n) is 14.7. The van der Waals surface area contributed by atoms with Gasteiger partial charge in [0.25, 0.3) is 10.0 Å². The molecule has 3 aromatic rings. The molecule has 8 nitrogen and oxygen atoms in total. The van der Waals surface area contributed by atoms with Crippen LogP contribution in [0.3, 0.4) is 0 Å². The molecule has 1 aliphatic rings. The molecule has 3 aromatic carbocycles. The van der Waals surface area contributed by atoms with E-state index in [4.69, 9.17) is 4.74 Å². The highest BCUT2D eigenvalue weighted by molar-refractivity contribution is 7.92. The molecule has 1 fully saturated rings. The number of carbonyl (C=O) groups excluding carboxylic acids is 2. The monoisotopic (exact) mass is 591 g/mol. The van der Waals surface area contributed by atoms with Gasteiger partial charge in [0.2, 0.25) is 11.8 Å². The van der Waals surface area contributed by atoms with Crippen molar-refractivity contribution in [3.05, 3.63) is 90.0 Å². The van der Waals surface area contributed by atoms with Gasteiger partial charge in [-0.3, -0.25) is 13.9 Å². The molecule has 42 heavy (non-hydrogen) atoms. The van der Waals surface area contributed by atoms with E-state index in [9.17, 15) is 18.0 Å². The molecule has 0 bridgehead atoms. The van der Waals surface area contributed by atoms with E-state index in [1.54, 1.807) is 43.3 Å². The lowest BCUT2D eigenvalue weighted by molar-refractivity contribution is -0.139. The maximum Gasteiger partial charge on any atom is 0.264 e. The number of aryl methyl sites for hydroxylation is 1. The number of para-hydroxylation sites is 2. The molecular weight excluding hydrogens is 550 g/mol. The first kappa shape index (κ1) is 31.1. The van der Waals surface area contributed by atoms with Crippen molar-refractivity contribution in [1.82, 2.24) is 10.2 Å². The summed E-state index contributed by atoms with van der Waals surface area (Å²) in [6.45, 7) is 5.50. The number of benzene rings is 3. The second kappa shape index (κ2) is 14.4. The minimum atomic E-state index is -4.17. The maximum atomic E-state index is 14.1. The van der Waals surface area contributed by atoms with Crippen LogP contribution in [-0.4, -0.2) is 56.9 Å². The first-order chi connectivity index (χ1) is 20.2. The highest BCUT2D eigenvalue weighted by Crippen LogP contribution is 2.33. The molecule has 4 rings (SSSR count). The Kier molecular flexibility index (Phi) is 10.6. The predicted molar refractivity (Wildman–Crippen MR) is 165 cm³/mol. The van der Waals surface area contributed by atoms with Gasteiger partial charge in [-0.05, 0) is 69.9 Å². The average Bonchev–Trinajstić information content (AvgIpc) is 3.50. The van der Waals surface area contributed by atoms with Crippen LogP contribution in [0.5, 0.6) is 5.75 Å². The van der Waals surface area contributed by atoms with Crippen LogP contribution in [-0.2, 0) is 26.0 Å². The Morgan fingerprint density at radius 3 is 2.26 bits per heavy atom. The van der Waals surface area contributed by atoms with E-state index in [-0.39, 0.29) is 29.1 Å². The Morgan fingerprint density at radius 1 is 0.952 bits per heavy atom. The molecule has 0 saturated heterocycles. The van der Waals surface area contributed by atoms with E-state index in [2.05, 4.69) is 5.32 Å². The van der Waals surface area contributed by atoms with Crippen LogP contribution >= 0.6 is 0 Å². The van der Waals surface area contributed by atoms with Gasteiger partial charge < -0.3 is 15.0 Å². The number of anilines is 1. The van der Waals surface area contributed by atoms with E-state index in [0.29, 0.717) is 18.8 Å². The summed E-state index contributed by atoms with van der Waals surface area (Å²) in [4.78, 5) is 29.0. The minimum Gasteiger partial charge on any atom is -0.492 e. The van der Waals surface area contributed by atoms with Crippen LogP contribution in [0.2, 0.25) is 0 Å². The Hall–Kier alpha value is -3.85. The summed E-state index contributed by atoms with van der Waals surface area (Å²) in [5.41, 5.74) is 2.20. The van der Waals surface area contributed by atoms with E-state index >= 15 is 0 Å². The van der Waals surface area contributed by atoms with Crippen LogP contribution in [0.25, 0.3) is 0 Å². The van der Waals surface area contributed by atoms with Crippen molar-refractivity contribution in [2.75, 3.05) is 24.0 Å². The smallest absolute Gasteiger partial charge is 0.264 e. The van der Waals surface area contributed by atoms with Gasteiger partial charge in [0, 0.05) is 12.6 Å². The fourth-order valence-corrected chi connectivity index (χ4v) is 6.68. The van der Waals surface area contributed by atoms with Crippen molar-refractivity contribution >= 4 is 27.5 Å². The highest BCUT2D eigenvalue weighted by Gasteiger charge is 2.34. The SMILES string of the molecule is CCOc1ccccc1N(CC(=O)N(CCc1ccccc1)[C@@H](C)C(=O)NC1CCCC1)S(=O)(=O)c1ccc(C)cc1. The van der Waals surface area contributed by atoms with E-state index < -0.39 is 28.5 Å². The fraction of sp³-hybridized carbons (Fsp3) is 0.394. The third-order valence-electron chi connectivity index (χ3n) is 7.67. The number of sulfonamides is 1. The van der Waals surface area contributed by atoms with Crippen molar-refractivity contribution in [3.8, 4) is 5.75 Å². The summed E-state index contributed by atoms with van der Waals surface area (Å²) in [7, 11) is -4.17. The van der Waals surface area contributed by atoms with Crippen molar-refractivity contribution in [1.29, 1.82) is 0 Å². The number of nitrogens with zero attached hydrogens (tertiary/aromatic N) is 2. The maximum absolute atomic E-state index is 14.1. The molecule has 1 aliphatic carbocycles. The molecule has 0 aliphatic heterocycles. The topological polar surface area (TPSA) is 96.0 Å². The third-order valence-corrected chi connectivity index (χ3v) is 9.45. The third kappa shape index (κ3) is 7.70. The fourth-order valence-electron chi connectivity index (χ4n) is 5.25. The van der Waals surface area contributed by atoms with Gasteiger partial charge in [-0.15, -0.1) is 0 Å². The molecule has 0 heterocycles. The largest absolute Gasteiger partial charge is 0.492 e. The Balaban J connectivity index is 1.68. The van der Waals surface area contributed by atoms with Gasteiger partial charge in [-0.2, -0.15) is 0 Å². The summed E-state index contributed by atoms with van der Waals surface area (Å²) < 4.78 is 35.1. The Morgan fingerprint density at radius 2 is 1.60 bits per heavy atom. The second-order valence-corrected chi connectivity index (χ2v) is 12.6. The van der Waals surface area contributed by atoms with Crippen LogP contribution in [0, 0.1) is 6.92 Å². The number of nitrogens with one attached hydrogen (secondary N) is 1.